The van der Waals surface area contributed by atoms with Crippen LogP contribution in [0.1, 0.15) is 239 Å². The van der Waals surface area contributed by atoms with Gasteiger partial charge < -0.3 is 14.2 Å². The van der Waals surface area contributed by atoms with Gasteiger partial charge in [-0.05, 0) is 83.5 Å². The van der Waals surface area contributed by atoms with E-state index < -0.39 is 6.10 Å². The van der Waals surface area contributed by atoms with Crippen molar-refractivity contribution in [1.29, 1.82) is 0 Å². The van der Waals surface area contributed by atoms with Gasteiger partial charge in [-0.3, -0.25) is 14.4 Å². The molecule has 0 heterocycles. The lowest BCUT2D eigenvalue weighted by Gasteiger charge is -2.18. The fraction of sp³-hybridized carbons (Fsp3) is 0.656. The Bertz CT molecular complexity index is 1390. The summed E-state index contributed by atoms with van der Waals surface area (Å²) in [5, 5.41) is 0. The second kappa shape index (κ2) is 54.7. The van der Waals surface area contributed by atoms with Gasteiger partial charge in [0.25, 0.3) is 0 Å². The zero-order valence-corrected chi connectivity index (χ0v) is 43.4. The second-order valence-electron chi connectivity index (χ2n) is 17.9. The summed E-state index contributed by atoms with van der Waals surface area (Å²) in [6.07, 6.45) is 73.7. The van der Waals surface area contributed by atoms with Crippen LogP contribution in [0.25, 0.3) is 0 Å². The first-order valence-corrected chi connectivity index (χ1v) is 27.5. The molecular formula is C61H100O6. The van der Waals surface area contributed by atoms with Gasteiger partial charge in [0.05, 0.1) is 0 Å². The number of esters is 3. The van der Waals surface area contributed by atoms with E-state index in [0.717, 1.165) is 89.9 Å². The third-order valence-corrected chi connectivity index (χ3v) is 11.4. The maximum Gasteiger partial charge on any atom is 0.306 e. The van der Waals surface area contributed by atoms with Gasteiger partial charge in [0.15, 0.2) is 6.10 Å². The van der Waals surface area contributed by atoms with E-state index >= 15 is 0 Å². The first-order chi connectivity index (χ1) is 33.0. The van der Waals surface area contributed by atoms with E-state index in [4.69, 9.17) is 14.2 Å². The largest absolute Gasteiger partial charge is 0.462 e. The van der Waals surface area contributed by atoms with E-state index in [9.17, 15) is 14.4 Å². The van der Waals surface area contributed by atoms with Crippen LogP contribution < -0.4 is 0 Å². The number of carbonyl (C=O) groups is 3. The predicted octanol–water partition coefficient (Wildman–Crippen LogP) is 18.3. The summed E-state index contributed by atoms with van der Waals surface area (Å²) >= 11 is 0. The summed E-state index contributed by atoms with van der Waals surface area (Å²) in [5.41, 5.74) is 0. The molecule has 0 saturated heterocycles. The molecular weight excluding hydrogens is 829 g/mol. The van der Waals surface area contributed by atoms with Gasteiger partial charge in [0.2, 0.25) is 0 Å². The van der Waals surface area contributed by atoms with E-state index in [1.807, 2.05) is 54.7 Å². The van der Waals surface area contributed by atoms with Crippen molar-refractivity contribution in [2.75, 3.05) is 13.2 Å². The molecule has 67 heavy (non-hydrogen) atoms. The molecule has 0 radical (unpaired) electrons. The van der Waals surface area contributed by atoms with Gasteiger partial charge in [-0.2, -0.15) is 0 Å². The van der Waals surface area contributed by atoms with Crippen molar-refractivity contribution < 1.29 is 28.6 Å². The highest BCUT2D eigenvalue weighted by molar-refractivity contribution is 5.71. The number of carbonyl (C=O) groups excluding carboxylic acids is 3. The van der Waals surface area contributed by atoms with Crippen LogP contribution >= 0.6 is 0 Å². The summed E-state index contributed by atoms with van der Waals surface area (Å²) in [5.74, 6) is -1.02. The van der Waals surface area contributed by atoms with Gasteiger partial charge in [-0.15, -0.1) is 0 Å². The quantitative estimate of drug-likeness (QED) is 0.0262. The van der Waals surface area contributed by atoms with Gasteiger partial charge in [-0.25, -0.2) is 0 Å². The third kappa shape index (κ3) is 52.9. The lowest BCUT2D eigenvalue weighted by molar-refractivity contribution is -0.167. The number of ether oxygens (including phenoxy) is 3. The lowest BCUT2D eigenvalue weighted by Crippen LogP contribution is -2.30. The van der Waals surface area contributed by atoms with Crippen LogP contribution in [-0.4, -0.2) is 37.2 Å². The van der Waals surface area contributed by atoms with E-state index in [1.165, 1.54) is 103 Å². The zero-order valence-electron chi connectivity index (χ0n) is 43.4. The number of hydrogen-bond donors (Lipinski definition) is 0. The van der Waals surface area contributed by atoms with Gasteiger partial charge in [0, 0.05) is 19.3 Å². The maximum atomic E-state index is 12.8. The van der Waals surface area contributed by atoms with Crippen LogP contribution in [0.4, 0.5) is 0 Å². The molecule has 6 heteroatoms. The molecule has 0 aliphatic rings. The number of rotatable bonds is 48. The topological polar surface area (TPSA) is 78.9 Å². The molecule has 0 aromatic rings. The summed E-state index contributed by atoms with van der Waals surface area (Å²) < 4.78 is 16.7. The van der Waals surface area contributed by atoms with E-state index in [1.54, 1.807) is 0 Å². The Morgan fingerprint density at radius 2 is 0.597 bits per heavy atom. The molecule has 0 bridgehead atoms. The molecule has 380 valence electrons. The molecule has 0 aliphatic carbocycles. The Hall–Kier alpha value is -3.93. The van der Waals surface area contributed by atoms with Gasteiger partial charge >= 0.3 is 17.9 Å². The molecule has 1 unspecified atom stereocenters. The first kappa shape index (κ1) is 63.1. The molecule has 0 aromatic heterocycles. The van der Waals surface area contributed by atoms with Crippen molar-refractivity contribution in [3.63, 3.8) is 0 Å². The van der Waals surface area contributed by atoms with Crippen molar-refractivity contribution in [2.45, 2.75) is 245 Å². The van der Waals surface area contributed by atoms with Crippen LogP contribution in [0.5, 0.6) is 0 Å². The van der Waals surface area contributed by atoms with E-state index in [0.29, 0.717) is 12.8 Å². The van der Waals surface area contributed by atoms with Gasteiger partial charge in [-0.1, -0.05) is 246 Å². The highest BCUT2D eigenvalue weighted by Gasteiger charge is 2.19. The highest BCUT2D eigenvalue weighted by atomic mass is 16.6. The summed E-state index contributed by atoms with van der Waals surface area (Å²) in [7, 11) is 0. The van der Waals surface area contributed by atoms with Crippen LogP contribution in [0.2, 0.25) is 0 Å². The standard InChI is InChI=1S/C61H100O6/c1-4-7-10-13-16-19-22-25-27-29-31-33-36-39-42-45-48-51-54-60(63)66-57-58(56-65-59(62)53-50-47-44-41-38-35-24-21-18-15-12-9-6-3)67-61(64)55-52-49-46-43-40-37-34-32-30-28-26-23-20-17-14-11-8-5-2/h9,12,15,18,21,24,27-35,38,41,44,58H,4-8,10-11,13-14,16-17,19-20,22-23,25-26,36-37,39-40,42-43,45-57H2,1-3H3/b12-9-,18-15-,24-21-,29-27-,30-28-,33-31-,34-32-,38-35-,44-41-. The van der Waals surface area contributed by atoms with Crippen LogP contribution in [0.15, 0.2) is 109 Å². The summed E-state index contributed by atoms with van der Waals surface area (Å²) in [6, 6.07) is 0. The van der Waals surface area contributed by atoms with E-state index in [2.05, 4.69) is 75.5 Å². The molecule has 1 atom stereocenters. The summed E-state index contributed by atoms with van der Waals surface area (Å²) in [4.78, 5) is 38.0. The number of hydrogen-bond acceptors (Lipinski definition) is 6. The smallest absolute Gasteiger partial charge is 0.306 e. The van der Waals surface area contributed by atoms with Crippen molar-refractivity contribution in [1.82, 2.24) is 0 Å². The lowest BCUT2D eigenvalue weighted by atomic mass is 10.1. The number of unbranched alkanes of at least 4 members (excludes halogenated alkanes) is 25. The van der Waals surface area contributed by atoms with Crippen molar-refractivity contribution in [3.05, 3.63) is 109 Å². The molecule has 0 amide bonds. The van der Waals surface area contributed by atoms with Crippen molar-refractivity contribution >= 4 is 17.9 Å². The molecule has 0 rings (SSSR count). The Morgan fingerprint density at radius 3 is 0.985 bits per heavy atom. The maximum absolute atomic E-state index is 12.8. The Kier molecular flexibility index (Phi) is 51.5. The van der Waals surface area contributed by atoms with Crippen molar-refractivity contribution in [2.24, 2.45) is 0 Å². The normalized spacial score (nSPS) is 12.9. The molecule has 0 spiro atoms. The summed E-state index contributed by atoms with van der Waals surface area (Å²) in [6.45, 7) is 6.39. The molecule has 0 aliphatic heterocycles. The predicted molar refractivity (Wildman–Crippen MR) is 288 cm³/mol. The molecule has 0 saturated carbocycles. The minimum absolute atomic E-state index is 0.117. The fourth-order valence-electron chi connectivity index (χ4n) is 7.28. The molecule has 0 aromatic carbocycles. The van der Waals surface area contributed by atoms with Gasteiger partial charge in [0.1, 0.15) is 13.2 Å². The highest BCUT2D eigenvalue weighted by Crippen LogP contribution is 2.13. The Morgan fingerprint density at radius 1 is 0.313 bits per heavy atom. The van der Waals surface area contributed by atoms with E-state index in [-0.39, 0.29) is 44.0 Å². The first-order valence-electron chi connectivity index (χ1n) is 27.5. The van der Waals surface area contributed by atoms with Crippen LogP contribution in [-0.2, 0) is 28.6 Å². The van der Waals surface area contributed by atoms with Crippen LogP contribution in [0, 0.1) is 0 Å². The molecule has 0 N–H and O–H groups in total. The second-order valence-corrected chi connectivity index (χ2v) is 17.9. The average molecular weight is 929 g/mol. The zero-order chi connectivity index (χ0) is 48.6. The number of allylic oxidation sites excluding steroid dienone is 18. The Labute approximate surface area is 412 Å². The van der Waals surface area contributed by atoms with Crippen molar-refractivity contribution in [3.8, 4) is 0 Å². The monoisotopic (exact) mass is 929 g/mol. The minimum Gasteiger partial charge on any atom is -0.462 e. The minimum atomic E-state index is -0.824. The molecule has 6 nitrogen and oxygen atoms in total. The average Bonchev–Trinajstić information content (AvgIpc) is 3.33. The third-order valence-electron chi connectivity index (χ3n) is 11.4. The SMILES string of the molecule is CC\C=C/C=C\C=C/C=C\C=C/CCCC(=O)OCC(COC(=O)CCCCCCC/C=C\C=C/CCCCCCCCC)OC(=O)CCCCCCC/C=C\C=C/CCCCCCCCC. The molecule has 0 fully saturated rings. The Balaban J connectivity index is 4.52. The van der Waals surface area contributed by atoms with Crippen LogP contribution in [0.3, 0.4) is 0 Å². The fourth-order valence-corrected chi connectivity index (χ4v) is 7.28.